The smallest absolute Gasteiger partial charge is 0.271 e. The number of aromatic nitrogens is 1. The zero-order valence-electron chi connectivity index (χ0n) is 14.5. The summed E-state index contributed by atoms with van der Waals surface area (Å²) in [4.78, 5) is 42.3. The Kier molecular flexibility index (Phi) is 5.72. The van der Waals surface area contributed by atoms with Gasteiger partial charge in [0.25, 0.3) is 5.91 Å². The standard InChI is InChI=1S/C18H20BrN3O3S/c1-10(2)7-20-17(24)15-8-26-9-22(15)18(25)14-6-16(23)12-5-11(19)3-4-13(12)21-14/h3-6,10,15H,7-9H2,1-2H3,(H,20,24)(H,21,23)/t15-/m0/s1. The lowest BCUT2D eigenvalue weighted by molar-refractivity contribution is -0.124. The molecule has 0 bridgehead atoms. The maximum absolute atomic E-state index is 12.9. The van der Waals surface area contributed by atoms with Gasteiger partial charge in [0.2, 0.25) is 5.91 Å². The van der Waals surface area contributed by atoms with Crippen LogP contribution in [0.5, 0.6) is 0 Å². The predicted octanol–water partition coefficient (Wildman–Crippen LogP) is 2.58. The molecule has 8 heteroatoms. The lowest BCUT2D eigenvalue weighted by atomic mass is 10.1. The number of nitrogens with zero attached hydrogens (tertiary/aromatic N) is 1. The topological polar surface area (TPSA) is 82.3 Å². The lowest BCUT2D eigenvalue weighted by Gasteiger charge is -2.23. The summed E-state index contributed by atoms with van der Waals surface area (Å²) in [5.74, 6) is 0.846. The number of nitrogens with one attached hydrogen (secondary N) is 2. The van der Waals surface area contributed by atoms with E-state index in [-0.39, 0.29) is 22.9 Å². The van der Waals surface area contributed by atoms with Crippen LogP contribution in [0.25, 0.3) is 10.9 Å². The van der Waals surface area contributed by atoms with Gasteiger partial charge in [-0.2, -0.15) is 0 Å². The molecule has 138 valence electrons. The fraction of sp³-hybridized carbons (Fsp3) is 0.389. The fourth-order valence-electron chi connectivity index (χ4n) is 2.77. The maximum atomic E-state index is 12.9. The number of pyridine rings is 1. The van der Waals surface area contributed by atoms with Gasteiger partial charge in [0.05, 0.1) is 5.88 Å². The van der Waals surface area contributed by atoms with Crippen molar-refractivity contribution in [3.05, 3.63) is 44.7 Å². The third-order valence-corrected chi connectivity index (χ3v) is 5.66. The summed E-state index contributed by atoms with van der Waals surface area (Å²) in [6, 6.07) is 6.07. The summed E-state index contributed by atoms with van der Waals surface area (Å²) < 4.78 is 0.799. The maximum Gasteiger partial charge on any atom is 0.271 e. The first-order chi connectivity index (χ1) is 12.4. The Morgan fingerprint density at radius 1 is 1.38 bits per heavy atom. The number of amides is 2. The van der Waals surface area contributed by atoms with Gasteiger partial charge in [0, 0.05) is 33.7 Å². The molecule has 26 heavy (non-hydrogen) atoms. The average Bonchev–Trinajstić information content (AvgIpc) is 3.09. The summed E-state index contributed by atoms with van der Waals surface area (Å²) in [6.45, 7) is 4.61. The van der Waals surface area contributed by atoms with E-state index in [0.717, 1.165) is 4.47 Å². The van der Waals surface area contributed by atoms with Gasteiger partial charge in [0.1, 0.15) is 11.7 Å². The molecular weight excluding hydrogens is 418 g/mol. The monoisotopic (exact) mass is 437 g/mol. The van der Waals surface area contributed by atoms with E-state index in [2.05, 4.69) is 26.2 Å². The lowest BCUT2D eigenvalue weighted by Crippen LogP contribution is -2.48. The number of thioether (sulfide) groups is 1. The highest BCUT2D eigenvalue weighted by Gasteiger charge is 2.35. The van der Waals surface area contributed by atoms with E-state index in [1.54, 1.807) is 18.2 Å². The number of carbonyl (C=O) groups excluding carboxylic acids is 2. The Labute approximate surface area is 163 Å². The Morgan fingerprint density at radius 2 is 2.15 bits per heavy atom. The number of halogens is 1. The van der Waals surface area contributed by atoms with Crippen molar-refractivity contribution in [2.75, 3.05) is 18.2 Å². The van der Waals surface area contributed by atoms with Crippen LogP contribution in [-0.4, -0.2) is 45.9 Å². The largest absolute Gasteiger partial charge is 0.354 e. The van der Waals surface area contributed by atoms with Gasteiger partial charge in [-0.3, -0.25) is 14.4 Å². The molecule has 1 aliphatic rings. The second-order valence-electron chi connectivity index (χ2n) is 6.67. The van der Waals surface area contributed by atoms with Crippen molar-refractivity contribution in [3.8, 4) is 0 Å². The van der Waals surface area contributed by atoms with E-state index in [9.17, 15) is 14.4 Å². The van der Waals surface area contributed by atoms with Crippen LogP contribution in [0.1, 0.15) is 24.3 Å². The Morgan fingerprint density at radius 3 is 2.88 bits per heavy atom. The van der Waals surface area contributed by atoms with Crippen LogP contribution in [-0.2, 0) is 4.79 Å². The van der Waals surface area contributed by atoms with E-state index in [4.69, 9.17) is 0 Å². The number of benzene rings is 1. The minimum atomic E-state index is -0.518. The summed E-state index contributed by atoms with van der Waals surface area (Å²) in [5.41, 5.74) is 0.571. The van der Waals surface area contributed by atoms with E-state index in [1.807, 2.05) is 13.8 Å². The predicted molar refractivity (Wildman–Crippen MR) is 107 cm³/mol. The molecular formula is C18H20BrN3O3S. The molecule has 2 N–H and O–H groups in total. The van der Waals surface area contributed by atoms with Crippen LogP contribution < -0.4 is 10.7 Å². The molecule has 0 radical (unpaired) electrons. The first kappa shape index (κ1) is 19.0. The van der Waals surface area contributed by atoms with Crippen molar-refractivity contribution in [1.82, 2.24) is 15.2 Å². The van der Waals surface area contributed by atoms with E-state index in [0.29, 0.717) is 35.0 Å². The van der Waals surface area contributed by atoms with Gasteiger partial charge in [-0.1, -0.05) is 29.8 Å². The van der Waals surface area contributed by atoms with Gasteiger partial charge in [-0.25, -0.2) is 0 Å². The van der Waals surface area contributed by atoms with Gasteiger partial charge >= 0.3 is 0 Å². The molecule has 0 saturated carbocycles. The molecule has 1 atom stereocenters. The number of hydrogen-bond donors (Lipinski definition) is 2. The van der Waals surface area contributed by atoms with Gasteiger partial charge in [-0.15, -0.1) is 11.8 Å². The summed E-state index contributed by atoms with van der Waals surface area (Å²) in [7, 11) is 0. The van der Waals surface area contributed by atoms with Gasteiger partial charge in [-0.05, 0) is 24.1 Å². The second kappa shape index (κ2) is 7.84. The molecule has 2 heterocycles. The van der Waals surface area contributed by atoms with E-state index in [1.165, 1.54) is 22.7 Å². The molecule has 1 fully saturated rings. The molecule has 0 aliphatic carbocycles. The highest BCUT2D eigenvalue weighted by molar-refractivity contribution is 9.10. The number of aromatic amines is 1. The Balaban J connectivity index is 1.86. The number of rotatable bonds is 4. The first-order valence-corrected chi connectivity index (χ1v) is 10.3. The molecule has 0 unspecified atom stereocenters. The van der Waals surface area contributed by atoms with Gasteiger partial charge in [0.15, 0.2) is 5.43 Å². The molecule has 1 aromatic heterocycles. The fourth-order valence-corrected chi connectivity index (χ4v) is 4.29. The molecule has 1 aliphatic heterocycles. The van der Waals surface area contributed by atoms with Crippen LogP contribution in [0.15, 0.2) is 33.5 Å². The van der Waals surface area contributed by atoms with Crippen LogP contribution >= 0.6 is 27.7 Å². The SMILES string of the molecule is CC(C)CNC(=O)[C@@H]1CSCN1C(=O)c1cc(=O)c2cc(Br)ccc2[nH]1. The van der Waals surface area contributed by atoms with Crippen molar-refractivity contribution in [1.29, 1.82) is 0 Å². The quantitative estimate of drug-likeness (QED) is 0.769. The summed E-state index contributed by atoms with van der Waals surface area (Å²) in [5, 5.41) is 3.40. The van der Waals surface area contributed by atoms with Crippen molar-refractivity contribution < 1.29 is 9.59 Å². The molecule has 0 spiro atoms. The molecule has 2 amide bonds. The van der Waals surface area contributed by atoms with E-state index >= 15 is 0 Å². The van der Waals surface area contributed by atoms with Gasteiger partial charge < -0.3 is 15.2 Å². The van der Waals surface area contributed by atoms with Crippen LogP contribution in [0.3, 0.4) is 0 Å². The molecule has 1 aromatic carbocycles. The summed E-state index contributed by atoms with van der Waals surface area (Å²) >= 11 is 4.87. The Hall–Kier alpha value is -1.80. The second-order valence-corrected chi connectivity index (χ2v) is 8.58. The molecule has 1 saturated heterocycles. The van der Waals surface area contributed by atoms with Crippen LogP contribution in [0.4, 0.5) is 0 Å². The third-order valence-electron chi connectivity index (χ3n) is 4.15. The number of carbonyl (C=O) groups is 2. The van der Waals surface area contributed by atoms with Crippen molar-refractivity contribution >= 4 is 50.4 Å². The van der Waals surface area contributed by atoms with Crippen molar-refractivity contribution in [3.63, 3.8) is 0 Å². The van der Waals surface area contributed by atoms with Crippen LogP contribution in [0, 0.1) is 5.92 Å². The number of H-pyrrole nitrogens is 1. The molecule has 2 aromatic rings. The normalized spacial score (nSPS) is 17.1. The number of hydrogen-bond acceptors (Lipinski definition) is 4. The zero-order valence-corrected chi connectivity index (χ0v) is 16.9. The minimum absolute atomic E-state index is 0.149. The average molecular weight is 438 g/mol. The Bertz CT molecular complexity index is 912. The van der Waals surface area contributed by atoms with Crippen molar-refractivity contribution in [2.45, 2.75) is 19.9 Å². The third kappa shape index (κ3) is 3.96. The van der Waals surface area contributed by atoms with E-state index < -0.39 is 6.04 Å². The molecule has 3 rings (SSSR count). The van der Waals surface area contributed by atoms with Crippen LogP contribution in [0.2, 0.25) is 0 Å². The zero-order chi connectivity index (χ0) is 18.8. The number of fused-ring (bicyclic) bond motifs is 1. The highest BCUT2D eigenvalue weighted by Crippen LogP contribution is 2.23. The summed E-state index contributed by atoms with van der Waals surface area (Å²) in [6.07, 6.45) is 0. The van der Waals surface area contributed by atoms with Crippen molar-refractivity contribution in [2.24, 2.45) is 5.92 Å². The first-order valence-electron chi connectivity index (χ1n) is 8.36. The highest BCUT2D eigenvalue weighted by atomic mass is 79.9. The molecule has 6 nitrogen and oxygen atoms in total. The minimum Gasteiger partial charge on any atom is -0.354 e.